The van der Waals surface area contributed by atoms with E-state index < -0.39 is 0 Å². The number of anilines is 1. The van der Waals surface area contributed by atoms with Crippen LogP contribution in [0.25, 0.3) is 0 Å². The molecule has 1 aromatic rings. The highest BCUT2D eigenvalue weighted by Gasteiger charge is 2.28. The number of rotatable bonds is 2. The van der Waals surface area contributed by atoms with Crippen LogP contribution >= 0.6 is 0 Å². The van der Waals surface area contributed by atoms with Crippen molar-refractivity contribution in [1.29, 1.82) is 0 Å². The highest BCUT2D eigenvalue weighted by Crippen LogP contribution is 2.26. The first-order valence-corrected chi connectivity index (χ1v) is 6.94. The first-order chi connectivity index (χ1) is 8.80. The van der Waals surface area contributed by atoms with Gasteiger partial charge in [0.25, 0.3) is 5.91 Å². The van der Waals surface area contributed by atoms with Crippen molar-refractivity contribution >= 4 is 11.6 Å². The van der Waals surface area contributed by atoms with E-state index in [-0.39, 0.29) is 17.4 Å². The van der Waals surface area contributed by atoms with Crippen molar-refractivity contribution in [3.8, 4) is 0 Å². The van der Waals surface area contributed by atoms with E-state index in [1.54, 1.807) is 0 Å². The lowest BCUT2D eigenvalue weighted by molar-refractivity contribution is 0.0629. The molecule has 1 amide bonds. The topological polar surface area (TPSA) is 32.3 Å². The molecule has 3 heteroatoms. The fraction of sp³-hybridized carbons (Fsp3) is 0.562. The van der Waals surface area contributed by atoms with Gasteiger partial charge in [0.05, 0.1) is 0 Å². The summed E-state index contributed by atoms with van der Waals surface area (Å²) in [6, 6.07) is 6.17. The second-order valence-electron chi connectivity index (χ2n) is 6.51. The van der Waals surface area contributed by atoms with Gasteiger partial charge in [-0.2, -0.15) is 0 Å². The number of fused-ring (bicyclic) bond motifs is 1. The van der Waals surface area contributed by atoms with E-state index >= 15 is 0 Å². The van der Waals surface area contributed by atoms with Gasteiger partial charge < -0.3 is 10.2 Å². The van der Waals surface area contributed by atoms with E-state index in [9.17, 15) is 4.79 Å². The lowest BCUT2D eigenvalue weighted by atomic mass is 9.87. The van der Waals surface area contributed by atoms with Crippen LogP contribution in [0.3, 0.4) is 0 Å². The fourth-order valence-corrected chi connectivity index (χ4v) is 2.40. The van der Waals surface area contributed by atoms with Crippen molar-refractivity contribution in [1.82, 2.24) is 4.90 Å². The summed E-state index contributed by atoms with van der Waals surface area (Å²) in [5.41, 5.74) is 3.30. The quantitative estimate of drug-likeness (QED) is 0.886. The van der Waals surface area contributed by atoms with Gasteiger partial charge in [0.15, 0.2) is 0 Å². The number of benzene rings is 1. The smallest absolute Gasteiger partial charge is 0.253 e. The molecule has 0 aromatic heterocycles. The Bertz CT molecular complexity index is 488. The molecule has 0 unspecified atom stereocenters. The Labute approximate surface area is 116 Å². The summed E-state index contributed by atoms with van der Waals surface area (Å²) in [7, 11) is 1.89. The van der Waals surface area contributed by atoms with Crippen LogP contribution < -0.4 is 5.32 Å². The molecular weight excluding hydrogens is 236 g/mol. The molecule has 1 aliphatic rings. The first kappa shape index (κ1) is 13.9. The molecule has 1 aromatic carbocycles. The van der Waals surface area contributed by atoms with Crippen LogP contribution in [0.5, 0.6) is 0 Å². The molecule has 2 rings (SSSR count). The molecular formula is C16H24N2O. The lowest BCUT2D eigenvalue weighted by Gasteiger charge is -2.35. The maximum Gasteiger partial charge on any atom is 0.253 e. The third-order valence-corrected chi connectivity index (χ3v) is 4.22. The van der Waals surface area contributed by atoms with Crippen LogP contribution in [0.15, 0.2) is 18.2 Å². The number of carbonyl (C=O) groups is 1. The fourth-order valence-electron chi connectivity index (χ4n) is 2.40. The van der Waals surface area contributed by atoms with E-state index in [0.29, 0.717) is 0 Å². The normalized spacial score (nSPS) is 15.6. The average molecular weight is 260 g/mol. The molecule has 3 nitrogen and oxygen atoms in total. The Kier molecular flexibility index (Phi) is 3.57. The van der Waals surface area contributed by atoms with E-state index in [1.807, 2.05) is 30.1 Å². The second-order valence-corrected chi connectivity index (χ2v) is 6.51. The molecule has 0 aliphatic carbocycles. The minimum Gasteiger partial charge on any atom is -0.384 e. The number of nitrogens with zero attached hydrogens (tertiary/aromatic N) is 1. The molecule has 1 aliphatic heterocycles. The van der Waals surface area contributed by atoms with Crippen molar-refractivity contribution < 1.29 is 4.79 Å². The van der Waals surface area contributed by atoms with Gasteiger partial charge in [-0.05, 0) is 42.5 Å². The molecule has 0 fully saturated rings. The highest BCUT2D eigenvalue weighted by molar-refractivity contribution is 5.95. The van der Waals surface area contributed by atoms with Gasteiger partial charge in [0, 0.05) is 30.9 Å². The van der Waals surface area contributed by atoms with Gasteiger partial charge in [0.1, 0.15) is 0 Å². The summed E-state index contributed by atoms with van der Waals surface area (Å²) in [5, 5.41) is 3.32. The largest absolute Gasteiger partial charge is 0.384 e. The Morgan fingerprint density at radius 1 is 1.37 bits per heavy atom. The summed E-state index contributed by atoms with van der Waals surface area (Å²) in [6.07, 6.45) is 1.01. The maximum atomic E-state index is 12.5. The van der Waals surface area contributed by atoms with Crippen LogP contribution in [-0.2, 0) is 6.42 Å². The molecule has 0 saturated heterocycles. The van der Waals surface area contributed by atoms with Crippen LogP contribution in [-0.4, -0.2) is 30.4 Å². The van der Waals surface area contributed by atoms with Gasteiger partial charge in [-0.1, -0.05) is 20.8 Å². The van der Waals surface area contributed by atoms with Gasteiger partial charge in [-0.15, -0.1) is 0 Å². The molecule has 0 radical (unpaired) electrons. The van der Waals surface area contributed by atoms with Gasteiger partial charge in [-0.3, -0.25) is 4.79 Å². The molecule has 0 bridgehead atoms. The summed E-state index contributed by atoms with van der Waals surface area (Å²) in [5.74, 6) is 0.108. The van der Waals surface area contributed by atoms with E-state index in [0.717, 1.165) is 18.5 Å². The maximum absolute atomic E-state index is 12.5. The average Bonchev–Trinajstić information content (AvgIpc) is 2.82. The number of hydrogen-bond acceptors (Lipinski definition) is 2. The SMILES string of the molecule is C[C@@H](N(C)C(=O)c1ccc2c(c1)CCN2)C(C)(C)C. The standard InChI is InChI=1S/C16H24N2O/c1-11(16(2,3)4)18(5)15(19)13-6-7-14-12(10-13)8-9-17-14/h6-7,10-11,17H,8-9H2,1-5H3/t11-/m1/s1. The third-order valence-electron chi connectivity index (χ3n) is 4.22. The summed E-state index contributed by atoms with van der Waals surface area (Å²) < 4.78 is 0. The minimum absolute atomic E-state index is 0.0860. The van der Waals surface area contributed by atoms with Gasteiger partial charge >= 0.3 is 0 Å². The van der Waals surface area contributed by atoms with E-state index in [1.165, 1.54) is 11.3 Å². The monoisotopic (exact) mass is 260 g/mol. The van der Waals surface area contributed by atoms with Crippen LogP contribution in [0, 0.1) is 5.41 Å². The van der Waals surface area contributed by atoms with Gasteiger partial charge in [0.2, 0.25) is 0 Å². The number of amides is 1. The Hall–Kier alpha value is -1.51. The molecule has 19 heavy (non-hydrogen) atoms. The summed E-state index contributed by atoms with van der Waals surface area (Å²) in [4.78, 5) is 14.4. The predicted octanol–water partition coefficient (Wildman–Crippen LogP) is 3.16. The lowest BCUT2D eigenvalue weighted by Crippen LogP contribution is -2.42. The van der Waals surface area contributed by atoms with E-state index in [4.69, 9.17) is 0 Å². The highest BCUT2D eigenvalue weighted by atomic mass is 16.2. The molecule has 0 spiro atoms. The van der Waals surface area contributed by atoms with Crippen LogP contribution in [0.4, 0.5) is 5.69 Å². The third kappa shape index (κ3) is 2.75. The zero-order valence-electron chi connectivity index (χ0n) is 12.6. The van der Waals surface area contributed by atoms with Gasteiger partial charge in [-0.25, -0.2) is 0 Å². The Morgan fingerprint density at radius 2 is 2.05 bits per heavy atom. The van der Waals surface area contributed by atoms with Crippen LogP contribution in [0.2, 0.25) is 0 Å². The first-order valence-electron chi connectivity index (χ1n) is 6.94. The molecule has 1 atom stereocenters. The van der Waals surface area contributed by atoms with Crippen molar-refractivity contribution in [2.45, 2.75) is 40.2 Å². The Morgan fingerprint density at radius 3 is 2.68 bits per heavy atom. The van der Waals surface area contributed by atoms with Crippen molar-refractivity contribution in [2.24, 2.45) is 5.41 Å². The molecule has 1 N–H and O–H groups in total. The number of nitrogens with one attached hydrogen (secondary N) is 1. The van der Waals surface area contributed by atoms with Crippen molar-refractivity contribution in [3.05, 3.63) is 29.3 Å². The molecule has 1 heterocycles. The zero-order valence-corrected chi connectivity index (χ0v) is 12.6. The predicted molar refractivity (Wildman–Crippen MR) is 79.6 cm³/mol. The minimum atomic E-state index is 0.0860. The zero-order chi connectivity index (χ0) is 14.2. The van der Waals surface area contributed by atoms with E-state index in [2.05, 4.69) is 33.0 Å². The van der Waals surface area contributed by atoms with Crippen molar-refractivity contribution in [2.75, 3.05) is 18.9 Å². The summed E-state index contributed by atoms with van der Waals surface area (Å²) >= 11 is 0. The van der Waals surface area contributed by atoms with Crippen LogP contribution in [0.1, 0.15) is 43.6 Å². The van der Waals surface area contributed by atoms with Crippen molar-refractivity contribution in [3.63, 3.8) is 0 Å². The number of carbonyl (C=O) groups excluding carboxylic acids is 1. The molecule has 0 saturated carbocycles. The Balaban J connectivity index is 2.20. The summed E-state index contributed by atoms with van der Waals surface area (Å²) in [6.45, 7) is 9.56. The second kappa shape index (κ2) is 4.87. The molecule has 104 valence electrons. The number of hydrogen-bond donors (Lipinski definition) is 1.